The fourth-order valence-corrected chi connectivity index (χ4v) is 3.41. The Labute approximate surface area is 190 Å². The van der Waals surface area contributed by atoms with Crippen LogP contribution in [0.3, 0.4) is 0 Å². The van der Waals surface area contributed by atoms with E-state index in [-0.39, 0.29) is 22.6 Å². The van der Waals surface area contributed by atoms with Gasteiger partial charge >= 0.3 is 5.97 Å². The molecule has 1 unspecified atom stereocenters. The minimum atomic E-state index is -0.514. The molecule has 1 atom stereocenters. The van der Waals surface area contributed by atoms with Crippen LogP contribution in [0.5, 0.6) is 11.5 Å². The highest BCUT2D eigenvalue weighted by atomic mass is 16.5. The first-order valence-electron chi connectivity index (χ1n) is 10.8. The third-order valence-corrected chi connectivity index (χ3v) is 5.33. The first kappa shape index (κ1) is 24.9. The van der Waals surface area contributed by atoms with Crippen molar-refractivity contribution in [1.29, 1.82) is 0 Å². The molecule has 0 aliphatic rings. The van der Waals surface area contributed by atoms with Crippen molar-refractivity contribution < 1.29 is 24.5 Å². The lowest BCUT2D eigenvalue weighted by Gasteiger charge is -2.12. The van der Waals surface area contributed by atoms with Gasteiger partial charge in [0, 0.05) is 17.2 Å². The van der Waals surface area contributed by atoms with Gasteiger partial charge in [-0.2, -0.15) is 0 Å². The predicted octanol–water partition coefficient (Wildman–Crippen LogP) is 6.05. The fraction of sp³-hybridized carbons (Fsp3) is 0.333. The van der Waals surface area contributed by atoms with E-state index < -0.39 is 11.8 Å². The van der Waals surface area contributed by atoms with Gasteiger partial charge in [-0.25, -0.2) is 4.79 Å². The highest BCUT2D eigenvalue weighted by molar-refractivity contribution is 6.13. The van der Waals surface area contributed by atoms with Crippen LogP contribution in [0, 0.1) is 5.92 Å². The summed E-state index contributed by atoms with van der Waals surface area (Å²) in [5, 5.41) is 20.8. The number of aromatic hydroxyl groups is 2. The van der Waals surface area contributed by atoms with Crippen LogP contribution in [-0.2, 0) is 9.53 Å². The van der Waals surface area contributed by atoms with Crippen molar-refractivity contribution in [2.75, 3.05) is 6.61 Å². The monoisotopic (exact) mass is 436 g/mol. The maximum absolute atomic E-state index is 12.8. The lowest BCUT2D eigenvalue weighted by molar-refractivity contribution is -0.138. The fourth-order valence-electron chi connectivity index (χ4n) is 3.41. The van der Waals surface area contributed by atoms with Crippen LogP contribution < -0.4 is 0 Å². The van der Waals surface area contributed by atoms with Gasteiger partial charge in [-0.1, -0.05) is 49.2 Å². The number of phenolic OH excluding ortho intramolecular Hbond substituents is 2. The van der Waals surface area contributed by atoms with Crippen LogP contribution in [0.15, 0.2) is 60.7 Å². The van der Waals surface area contributed by atoms with Crippen molar-refractivity contribution >= 4 is 17.3 Å². The number of hydrogen-bond acceptors (Lipinski definition) is 5. The molecular formula is C27H32O5. The third kappa shape index (κ3) is 7.12. The molecule has 0 aliphatic heterocycles. The van der Waals surface area contributed by atoms with E-state index >= 15 is 0 Å². The molecule has 2 aromatic carbocycles. The lowest BCUT2D eigenvalue weighted by Crippen LogP contribution is -2.07. The largest absolute Gasteiger partial charge is 0.507 e. The Morgan fingerprint density at radius 3 is 2.41 bits per heavy atom. The molecule has 0 heterocycles. The van der Waals surface area contributed by atoms with Gasteiger partial charge in [0.05, 0.1) is 6.61 Å². The second-order valence-corrected chi connectivity index (χ2v) is 8.29. The molecule has 170 valence electrons. The summed E-state index contributed by atoms with van der Waals surface area (Å²) in [5.41, 5.74) is 2.04. The molecule has 0 spiro atoms. The second kappa shape index (κ2) is 11.9. The van der Waals surface area contributed by atoms with Gasteiger partial charge in [0.15, 0.2) is 0 Å². The normalized spacial score (nSPS) is 12.3. The van der Waals surface area contributed by atoms with Crippen molar-refractivity contribution in [2.45, 2.75) is 46.5 Å². The van der Waals surface area contributed by atoms with E-state index in [0.29, 0.717) is 23.7 Å². The molecule has 0 aromatic heterocycles. The number of rotatable bonds is 11. The smallest absolute Gasteiger partial charge is 0.331 e. The SMILES string of the molecule is C=C(C)CCCC(C)CCOC(=O)C=C(C)c1ccc(O)c(C(=O)c2ccccc2)c1O. The van der Waals surface area contributed by atoms with Crippen LogP contribution in [0.4, 0.5) is 0 Å². The molecule has 0 radical (unpaired) electrons. The molecule has 5 nitrogen and oxygen atoms in total. The molecule has 2 rings (SSSR count). The van der Waals surface area contributed by atoms with E-state index in [9.17, 15) is 19.8 Å². The molecule has 0 saturated heterocycles. The number of carbonyl (C=O) groups is 2. The molecule has 0 saturated carbocycles. The van der Waals surface area contributed by atoms with E-state index in [2.05, 4.69) is 13.5 Å². The van der Waals surface area contributed by atoms with Gasteiger partial charge in [-0.3, -0.25) is 4.79 Å². The van der Waals surface area contributed by atoms with Gasteiger partial charge < -0.3 is 14.9 Å². The number of benzene rings is 2. The zero-order valence-corrected chi connectivity index (χ0v) is 19.1. The van der Waals surface area contributed by atoms with Crippen molar-refractivity contribution in [3.05, 3.63) is 77.4 Å². The molecule has 0 fully saturated rings. The van der Waals surface area contributed by atoms with Crippen LogP contribution in [0.25, 0.3) is 5.57 Å². The highest BCUT2D eigenvalue weighted by Gasteiger charge is 2.21. The minimum Gasteiger partial charge on any atom is -0.507 e. The molecule has 5 heteroatoms. The summed E-state index contributed by atoms with van der Waals surface area (Å²) >= 11 is 0. The van der Waals surface area contributed by atoms with Crippen molar-refractivity contribution in [3.8, 4) is 11.5 Å². The Kier molecular flexibility index (Phi) is 9.26. The van der Waals surface area contributed by atoms with Crippen molar-refractivity contribution in [2.24, 2.45) is 5.92 Å². The van der Waals surface area contributed by atoms with Crippen molar-refractivity contribution in [1.82, 2.24) is 0 Å². The zero-order valence-electron chi connectivity index (χ0n) is 19.1. The number of carbonyl (C=O) groups excluding carboxylic acids is 2. The lowest BCUT2D eigenvalue weighted by atomic mass is 9.96. The summed E-state index contributed by atoms with van der Waals surface area (Å²) in [4.78, 5) is 25.0. The summed E-state index contributed by atoms with van der Waals surface area (Å²) in [6.45, 7) is 10.0. The molecular weight excluding hydrogens is 404 g/mol. The minimum absolute atomic E-state index is 0.196. The van der Waals surface area contributed by atoms with E-state index in [4.69, 9.17) is 4.74 Å². The topological polar surface area (TPSA) is 83.8 Å². The Balaban J connectivity index is 2.04. The first-order chi connectivity index (χ1) is 15.2. The number of esters is 1. The summed E-state index contributed by atoms with van der Waals surface area (Å²) < 4.78 is 5.31. The van der Waals surface area contributed by atoms with Crippen molar-refractivity contribution in [3.63, 3.8) is 0 Å². The number of phenols is 2. The zero-order chi connectivity index (χ0) is 23.7. The van der Waals surface area contributed by atoms with Crippen LogP contribution >= 0.6 is 0 Å². The van der Waals surface area contributed by atoms with Crippen LogP contribution in [0.2, 0.25) is 0 Å². The molecule has 2 aromatic rings. The first-order valence-corrected chi connectivity index (χ1v) is 10.8. The third-order valence-electron chi connectivity index (χ3n) is 5.33. The van der Waals surface area contributed by atoms with E-state index in [1.165, 1.54) is 23.8 Å². The van der Waals surface area contributed by atoms with E-state index in [1.54, 1.807) is 37.3 Å². The summed E-state index contributed by atoms with van der Waals surface area (Å²) in [6.07, 6.45) is 5.20. The summed E-state index contributed by atoms with van der Waals surface area (Å²) in [6, 6.07) is 11.2. The molecule has 0 amide bonds. The number of allylic oxidation sites excluding steroid dienone is 2. The molecule has 32 heavy (non-hydrogen) atoms. The maximum Gasteiger partial charge on any atom is 0.331 e. The van der Waals surface area contributed by atoms with Gasteiger partial charge in [-0.05, 0) is 56.7 Å². The number of hydrogen-bond donors (Lipinski definition) is 2. The number of ether oxygens (including phenoxy) is 1. The Bertz CT molecular complexity index is 989. The van der Waals surface area contributed by atoms with E-state index in [0.717, 1.165) is 25.7 Å². The average Bonchev–Trinajstić information content (AvgIpc) is 2.74. The van der Waals surface area contributed by atoms with Gasteiger partial charge in [0.25, 0.3) is 0 Å². The summed E-state index contributed by atoms with van der Waals surface area (Å²) in [7, 11) is 0. The Morgan fingerprint density at radius 2 is 1.75 bits per heavy atom. The quantitative estimate of drug-likeness (QED) is 0.194. The molecule has 0 bridgehead atoms. The molecule has 0 aliphatic carbocycles. The van der Waals surface area contributed by atoms with Crippen LogP contribution in [-0.4, -0.2) is 28.6 Å². The van der Waals surface area contributed by atoms with Gasteiger partial charge in [-0.15, -0.1) is 6.58 Å². The van der Waals surface area contributed by atoms with Gasteiger partial charge in [0.2, 0.25) is 5.78 Å². The number of ketones is 1. The Hall–Kier alpha value is -3.34. The molecule has 2 N–H and O–H groups in total. The predicted molar refractivity (Wildman–Crippen MR) is 127 cm³/mol. The second-order valence-electron chi connectivity index (χ2n) is 8.29. The average molecular weight is 437 g/mol. The highest BCUT2D eigenvalue weighted by Crippen LogP contribution is 2.36. The van der Waals surface area contributed by atoms with E-state index in [1.807, 2.05) is 6.92 Å². The summed E-state index contributed by atoms with van der Waals surface area (Å²) in [5.74, 6) is -1.26. The standard InChI is InChI=1S/C27H32O5/c1-18(2)9-8-10-19(3)15-16-32-24(29)17-20(4)22-13-14-23(28)25(27(22)31)26(30)21-11-6-5-7-12-21/h5-7,11-14,17,19,28,31H,1,8-10,15-16H2,2-4H3. The maximum atomic E-state index is 12.8. The van der Waals surface area contributed by atoms with Gasteiger partial charge in [0.1, 0.15) is 17.1 Å². The Morgan fingerprint density at radius 1 is 1.06 bits per heavy atom. The van der Waals surface area contributed by atoms with Crippen LogP contribution in [0.1, 0.15) is 67.9 Å².